The lowest BCUT2D eigenvalue weighted by molar-refractivity contribution is -0.385. The first-order valence-corrected chi connectivity index (χ1v) is 18.4. The fourth-order valence-electron chi connectivity index (χ4n) is 5.81. The van der Waals surface area contributed by atoms with Crippen molar-refractivity contribution in [1.29, 1.82) is 5.26 Å². The number of hydrogen-bond acceptors (Lipinski definition) is 9. The van der Waals surface area contributed by atoms with Gasteiger partial charge in [0, 0.05) is 40.6 Å². The number of thioether (sulfide) groups is 1. The van der Waals surface area contributed by atoms with Gasteiger partial charge in [0.25, 0.3) is 17.5 Å². The fourth-order valence-corrected chi connectivity index (χ4v) is 8.11. The summed E-state index contributed by atoms with van der Waals surface area (Å²) in [6.07, 6.45) is 1.77. The molecule has 3 N–H and O–H groups in total. The molecule has 5 aromatic rings. The zero-order chi connectivity index (χ0) is 38.2. The summed E-state index contributed by atoms with van der Waals surface area (Å²) < 4.78 is 0. The third kappa shape index (κ3) is 8.72. The molecule has 0 aliphatic carbocycles. The van der Waals surface area contributed by atoms with Gasteiger partial charge in [0.05, 0.1) is 22.6 Å². The Morgan fingerprint density at radius 3 is 2.35 bits per heavy atom. The van der Waals surface area contributed by atoms with Gasteiger partial charge in [-0.3, -0.25) is 29.3 Å². The minimum absolute atomic E-state index is 0.0542. The summed E-state index contributed by atoms with van der Waals surface area (Å²) in [5.74, 6) is -1.73. The van der Waals surface area contributed by atoms with Crippen LogP contribution in [0.1, 0.15) is 49.7 Å². The van der Waals surface area contributed by atoms with E-state index in [1.54, 1.807) is 65.6 Å². The Bertz CT molecular complexity index is 2320. The number of nitro groups is 1. The zero-order valence-corrected chi connectivity index (χ0v) is 30.4. The van der Waals surface area contributed by atoms with E-state index in [0.717, 1.165) is 10.4 Å². The van der Waals surface area contributed by atoms with E-state index in [2.05, 4.69) is 22.0 Å². The van der Waals surface area contributed by atoms with Gasteiger partial charge >= 0.3 is 0 Å². The summed E-state index contributed by atoms with van der Waals surface area (Å²) in [5, 5.41) is 29.8. The first-order chi connectivity index (χ1) is 26.1. The number of amides is 4. The van der Waals surface area contributed by atoms with Crippen LogP contribution in [0, 0.1) is 21.4 Å². The Morgan fingerprint density at radius 1 is 0.944 bits per heavy atom. The van der Waals surface area contributed by atoms with Gasteiger partial charge in [-0.25, -0.2) is 0 Å². The number of hydrogen-bond donors (Lipinski definition) is 3. The molecule has 0 radical (unpaired) electrons. The van der Waals surface area contributed by atoms with E-state index in [-0.39, 0.29) is 34.3 Å². The normalized spacial score (nSPS) is 12.8. The molecule has 1 atom stereocenters. The monoisotopic (exact) mass is 756 g/mol. The Morgan fingerprint density at radius 2 is 1.65 bits per heavy atom. The van der Waals surface area contributed by atoms with Gasteiger partial charge in [-0.05, 0) is 60.0 Å². The maximum absolute atomic E-state index is 14.0. The Balaban J connectivity index is 1.25. The Labute approximate surface area is 318 Å². The van der Waals surface area contributed by atoms with E-state index >= 15 is 0 Å². The van der Waals surface area contributed by atoms with E-state index < -0.39 is 22.0 Å². The molecule has 0 saturated heterocycles. The molecule has 1 aromatic heterocycles. The average Bonchev–Trinajstić information content (AvgIpc) is 3.53. The first-order valence-electron chi connectivity index (χ1n) is 16.7. The summed E-state index contributed by atoms with van der Waals surface area (Å²) >= 11 is 2.53. The number of fused-ring (bicyclic) bond motifs is 1. The largest absolute Gasteiger partial charge is 0.337 e. The van der Waals surface area contributed by atoms with Crippen LogP contribution < -0.4 is 16.0 Å². The molecule has 1 unspecified atom stereocenters. The standard InChI is InChI=1S/C40H32N6O6S2/c1-25(47)45-20-19-31-32(23-41)40(54-35(31)24-45)44-39(50)36(26-11-4-2-5-12-26)53-30-17-10-16-29(22-30)42-38(49)33(43-37(48)27-13-6-3-7-14-27)21-28-15-8-9-18-34(28)46(51)52/h2-18,21-22,36H,19-20,24H2,1H3,(H,42,49)(H,43,48)(H,44,50)/b33-21+. The molecule has 14 heteroatoms. The van der Waals surface area contributed by atoms with Crippen LogP contribution >= 0.6 is 23.1 Å². The maximum Gasteiger partial charge on any atom is 0.276 e. The minimum Gasteiger partial charge on any atom is -0.337 e. The highest BCUT2D eigenvalue weighted by Gasteiger charge is 2.29. The van der Waals surface area contributed by atoms with Crippen molar-refractivity contribution in [3.8, 4) is 6.07 Å². The number of carbonyl (C=O) groups excluding carboxylic acids is 4. The third-order valence-electron chi connectivity index (χ3n) is 8.50. The summed E-state index contributed by atoms with van der Waals surface area (Å²) in [7, 11) is 0. The lowest BCUT2D eigenvalue weighted by Gasteiger charge is -2.25. The second-order valence-corrected chi connectivity index (χ2v) is 14.4. The number of nitro benzene ring substituents is 1. The molecule has 270 valence electrons. The Kier molecular flexibility index (Phi) is 11.6. The number of anilines is 2. The molecule has 0 fully saturated rings. The van der Waals surface area contributed by atoms with Crippen LogP contribution in [0.3, 0.4) is 0 Å². The van der Waals surface area contributed by atoms with Gasteiger partial charge in [0.2, 0.25) is 11.8 Å². The highest BCUT2D eigenvalue weighted by Crippen LogP contribution is 2.41. The zero-order valence-electron chi connectivity index (χ0n) is 28.8. The van der Waals surface area contributed by atoms with Gasteiger partial charge in [0.1, 0.15) is 22.0 Å². The number of nitrogens with one attached hydrogen (secondary N) is 3. The predicted octanol–water partition coefficient (Wildman–Crippen LogP) is 7.31. The molecule has 0 spiro atoms. The molecule has 0 bridgehead atoms. The lowest BCUT2D eigenvalue weighted by Crippen LogP contribution is -2.33. The van der Waals surface area contributed by atoms with Crippen molar-refractivity contribution >= 4 is 69.2 Å². The highest BCUT2D eigenvalue weighted by atomic mass is 32.2. The van der Waals surface area contributed by atoms with Gasteiger partial charge < -0.3 is 20.9 Å². The molecule has 1 aliphatic heterocycles. The van der Waals surface area contributed by atoms with Crippen LogP contribution in [-0.4, -0.2) is 40.0 Å². The number of nitriles is 1. The van der Waals surface area contributed by atoms with Crippen LogP contribution in [-0.2, 0) is 27.3 Å². The molecule has 4 aromatic carbocycles. The first kappa shape index (κ1) is 37.2. The minimum atomic E-state index is -0.768. The second-order valence-electron chi connectivity index (χ2n) is 12.1. The number of benzene rings is 4. The molecule has 12 nitrogen and oxygen atoms in total. The lowest BCUT2D eigenvalue weighted by atomic mass is 10.0. The van der Waals surface area contributed by atoms with Crippen molar-refractivity contribution in [3.63, 3.8) is 0 Å². The number of nitrogens with zero attached hydrogens (tertiary/aromatic N) is 3. The summed E-state index contributed by atoms with van der Waals surface area (Å²) in [6, 6.07) is 32.3. The van der Waals surface area contributed by atoms with Crippen LogP contribution in [0.25, 0.3) is 6.08 Å². The van der Waals surface area contributed by atoms with Crippen molar-refractivity contribution in [2.45, 2.75) is 30.0 Å². The third-order valence-corrected chi connectivity index (χ3v) is 10.9. The number of rotatable bonds is 11. The van der Waals surface area contributed by atoms with Crippen LogP contribution in [0.15, 0.2) is 120 Å². The van der Waals surface area contributed by atoms with Crippen molar-refractivity contribution in [2.24, 2.45) is 0 Å². The van der Waals surface area contributed by atoms with Crippen molar-refractivity contribution in [3.05, 3.63) is 158 Å². The molecular formula is C40H32N6O6S2. The van der Waals surface area contributed by atoms with E-state index in [4.69, 9.17) is 0 Å². The summed E-state index contributed by atoms with van der Waals surface area (Å²) in [5.41, 5.74) is 2.21. The van der Waals surface area contributed by atoms with Gasteiger partial charge in [-0.2, -0.15) is 5.26 Å². The predicted molar refractivity (Wildman–Crippen MR) is 208 cm³/mol. The van der Waals surface area contributed by atoms with Crippen molar-refractivity contribution in [1.82, 2.24) is 10.2 Å². The molecule has 0 saturated carbocycles. The van der Waals surface area contributed by atoms with Gasteiger partial charge in [-0.15, -0.1) is 23.1 Å². The molecule has 4 amide bonds. The molecule has 1 aliphatic rings. The number of carbonyl (C=O) groups is 4. The molecule has 2 heterocycles. The number of para-hydroxylation sites is 1. The van der Waals surface area contributed by atoms with Gasteiger partial charge in [-0.1, -0.05) is 66.7 Å². The maximum atomic E-state index is 14.0. The SMILES string of the molecule is CC(=O)N1CCc2c(sc(NC(=O)C(Sc3cccc(NC(=O)/C(=C\c4ccccc4[N+](=O)[O-])NC(=O)c4ccccc4)c3)c3ccccc3)c2C#N)C1. The van der Waals surface area contributed by atoms with E-state index in [0.29, 0.717) is 46.2 Å². The number of thiophene rings is 1. The fraction of sp³-hybridized carbons (Fsp3) is 0.125. The summed E-state index contributed by atoms with van der Waals surface area (Å²) in [6.45, 7) is 2.39. The van der Waals surface area contributed by atoms with Crippen LogP contribution in [0.2, 0.25) is 0 Å². The van der Waals surface area contributed by atoms with Crippen LogP contribution in [0.4, 0.5) is 16.4 Å². The summed E-state index contributed by atoms with van der Waals surface area (Å²) in [4.78, 5) is 67.3. The van der Waals surface area contributed by atoms with Gasteiger partial charge in [0.15, 0.2) is 0 Å². The van der Waals surface area contributed by atoms with E-state index in [9.17, 15) is 34.6 Å². The van der Waals surface area contributed by atoms with E-state index in [1.165, 1.54) is 54.3 Å². The molecule has 6 rings (SSSR count). The second kappa shape index (κ2) is 16.8. The molecule has 54 heavy (non-hydrogen) atoms. The van der Waals surface area contributed by atoms with Crippen molar-refractivity contribution in [2.75, 3.05) is 17.2 Å². The van der Waals surface area contributed by atoms with E-state index in [1.807, 2.05) is 30.3 Å². The highest BCUT2D eigenvalue weighted by molar-refractivity contribution is 8.00. The quantitative estimate of drug-likeness (QED) is 0.0544. The Hall–Kier alpha value is -6.56. The van der Waals surface area contributed by atoms with Crippen LogP contribution in [0.5, 0.6) is 0 Å². The van der Waals surface area contributed by atoms with Crippen molar-refractivity contribution < 1.29 is 24.1 Å². The average molecular weight is 757 g/mol. The molecular weight excluding hydrogens is 725 g/mol. The topological polar surface area (TPSA) is 175 Å². The smallest absolute Gasteiger partial charge is 0.276 e.